The first-order chi connectivity index (χ1) is 20.9. The van der Waals surface area contributed by atoms with Crippen LogP contribution in [0.25, 0.3) is 11.1 Å². The summed E-state index contributed by atoms with van der Waals surface area (Å²) in [4.78, 5) is 45.2. The highest BCUT2D eigenvalue weighted by Crippen LogP contribution is 2.31. The topological polar surface area (TPSA) is 174 Å². The number of aliphatic carboxylic acids is 2. The molecule has 0 unspecified atom stereocenters. The fourth-order valence-electron chi connectivity index (χ4n) is 3.48. The molecule has 45 heavy (non-hydrogen) atoms. The number of benzene rings is 2. The Labute approximate surface area is 251 Å². The van der Waals surface area contributed by atoms with Crippen LogP contribution in [-0.2, 0) is 20.8 Å². The zero-order valence-electron chi connectivity index (χ0n) is 23.5. The van der Waals surface area contributed by atoms with Crippen molar-refractivity contribution >= 4 is 29.4 Å². The van der Waals surface area contributed by atoms with Crippen LogP contribution in [0.2, 0.25) is 0 Å². The van der Waals surface area contributed by atoms with Crippen molar-refractivity contribution < 1.29 is 60.5 Å². The van der Waals surface area contributed by atoms with Crippen LogP contribution in [0.4, 0.5) is 32.0 Å². The van der Waals surface area contributed by atoms with Gasteiger partial charge in [-0.3, -0.25) is 14.7 Å². The van der Waals surface area contributed by atoms with E-state index in [-0.39, 0.29) is 11.8 Å². The SMILES string of the molecule is CN(C)CCOc1cc(-c2cn[nH]c2)ccc1NC(=O)[C@H]1Cc2ccccc2C(=O)N1.O=C(O)C(F)(F)F.O=C(O)C(F)(F)F. The van der Waals surface area contributed by atoms with Gasteiger partial charge in [0.2, 0.25) is 5.91 Å². The number of hydrogen-bond acceptors (Lipinski definition) is 7. The van der Waals surface area contributed by atoms with Crippen molar-refractivity contribution in [1.29, 1.82) is 0 Å². The standard InChI is InChI=1S/C23H25N5O3.2C2HF3O2/c1-28(2)9-10-31-21-12-15(17-13-24-25-14-17)7-8-19(21)26-23(30)20-11-16-5-3-4-6-18(16)22(29)27-20;2*3-2(4,5)1(6)7/h3-8,12-14,20H,9-11H2,1-2H3,(H,24,25)(H,26,30)(H,27,29);2*(H,6,7)/t20-;;/m1../s1. The monoisotopic (exact) mass is 647 g/mol. The first kappa shape index (κ1) is 36.1. The second kappa shape index (κ2) is 15.6. The third-order valence-electron chi connectivity index (χ3n) is 5.66. The number of carbonyl (C=O) groups excluding carboxylic acids is 2. The predicted molar refractivity (Wildman–Crippen MR) is 145 cm³/mol. The molecule has 2 amide bonds. The number of halogens is 6. The molecule has 0 radical (unpaired) electrons. The molecule has 4 rings (SSSR count). The van der Waals surface area contributed by atoms with Gasteiger partial charge in [0.05, 0.1) is 11.9 Å². The Kier molecular flexibility index (Phi) is 12.5. The Morgan fingerprint density at radius 1 is 1.00 bits per heavy atom. The van der Waals surface area contributed by atoms with Gasteiger partial charge in [0, 0.05) is 30.3 Å². The molecule has 244 valence electrons. The molecule has 2 heterocycles. The largest absolute Gasteiger partial charge is 0.490 e. The van der Waals surface area contributed by atoms with E-state index >= 15 is 0 Å². The van der Waals surface area contributed by atoms with Gasteiger partial charge < -0.3 is 30.5 Å². The molecular weight excluding hydrogens is 620 g/mol. The summed E-state index contributed by atoms with van der Waals surface area (Å²) < 4.78 is 69.5. The van der Waals surface area contributed by atoms with Crippen LogP contribution < -0.4 is 15.4 Å². The van der Waals surface area contributed by atoms with Crippen LogP contribution in [0.5, 0.6) is 5.75 Å². The number of carbonyl (C=O) groups is 4. The summed E-state index contributed by atoms with van der Waals surface area (Å²) in [5, 5.41) is 26.8. The van der Waals surface area contributed by atoms with Crippen LogP contribution in [0, 0.1) is 0 Å². The lowest BCUT2D eigenvalue weighted by atomic mass is 9.95. The summed E-state index contributed by atoms with van der Waals surface area (Å²) >= 11 is 0. The number of likely N-dealkylation sites (N-methyl/N-ethyl adjacent to an activating group) is 1. The second-order valence-electron chi connectivity index (χ2n) is 9.33. The number of ether oxygens (including phenoxy) is 1. The summed E-state index contributed by atoms with van der Waals surface area (Å²) in [6.07, 6.45) is -6.20. The number of anilines is 1. The van der Waals surface area contributed by atoms with Gasteiger partial charge in [-0.15, -0.1) is 0 Å². The molecule has 5 N–H and O–H groups in total. The zero-order chi connectivity index (χ0) is 33.9. The maximum atomic E-state index is 13.0. The third-order valence-corrected chi connectivity index (χ3v) is 5.66. The van der Waals surface area contributed by atoms with E-state index in [4.69, 9.17) is 24.5 Å². The highest BCUT2D eigenvalue weighted by Gasteiger charge is 2.39. The molecule has 2 aromatic carbocycles. The van der Waals surface area contributed by atoms with Gasteiger partial charge in [-0.05, 0) is 43.4 Å². The molecular formula is C27H27F6N5O7. The minimum atomic E-state index is -5.08. The minimum Gasteiger partial charge on any atom is -0.490 e. The van der Waals surface area contributed by atoms with E-state index in [2.05, 4.69) is 20.8 Å². The number of alkyl halides is 6. The average molecular weight is 648 g/mol. The number of rotatable bonds is 7. The first-order valence-electron chi connectivity index (χ1n) is 12.6. The fourth-order valence-corrected chi connectivity index (χ4v) is 3.48. The summed E-state index contributed by atoms with van der Waals surface area (Å²) in [6, 6.07) is 12.3. The maximum Gasteiger partial charge on any atom is 0.490 e. The highest BCUT2D eigenvalue weighted by molar-refractivity contribution is 6.04. The number of aromatic nitrogens is 2. The van der Waals surface area contributed by atoms with E-state index in [1.165, 1.54) is 0 Å². The highest BCUT2D eigenvalue weighted by atomic mass is 19.4. The number of amides is 2. The normalized spacial score (nSPS) is 14.1. The average Bonchev–Trinajstić information content (AvgIpc) is 3.48. The van der Waals surface area contributed by atoms with E-state index in [9.17, 15) is 35.9 Å². The summed E-state index contributed by atoms with van der Waals surface area (Å²) in [6.45, 7) is 1.21. The van der Waals surface area contributed by atoms with Crippen LogP contribution in [0.15, 0.2) is 54.9 Å². The molecule has 0 spiro atoms. The molecule has 0 aliphatic carbocycles. The van der Waals surface area contributed by atoms with Gasteiger partial charge in [0.25, 0.3) is 5.91 Å². The van der Waals surface area contributed by atoms with Gasteiger partial charge in [0.15, 0.2) is 0 Å². The Morgan fingerprint density at radius 2 is 1.60 bits per heavy atom. The number of fused-ring (bicyclic) bond motifs is 1. The minimum absolute atomic E-state index is 0.236. The van der Waals surface area contributed by atoms with Crippen molar-refractivity contribution in [1.82, 2.24) is 20.4 Å². The molecule has 1 aromatic heterocycles. The molecule has 0 saturated heterocycles. The van der Waals surface area contributed by atoms with Crippen molar-refractivity contribution in [2.75, 3.05) is 32.6 Å². The van der Waals surface area contributed by atoms with Gasteiger partial charge in [-0.2, -0.15) is 31.4 Å². The molecule has 0 saturated carbocycles. The molecule has 12 nitrogen and oxygen atoms in total. The van der Waals surface area contributed by atoms with Crippen molar-refractivity contribution in [2.45, 2.75) is 24.8 Å². The van der Waals surface area contributed by atoms with E-state index < -0.39 is 30.3 Å². The molecule has 0 bridgehead atoms. The van der Waals surface area contributed by atoms with Crippen molar-refractivity contribution in [3.05, 3.63) is 66.0 Å². The van der Waals surface area contributed by atoms with E-state index in [0.717, 1.165) is 23.2 Å². The Morgan fingerprint density at radius 3 is 2.13 bits per heavy atom. The van der Waals surface area contributed by atoms with Gasteiger partial charge in [0.1, 0.15) is 18.4 Å². The van der Waals surface area contributed by atoms with Crippen molar-refractivity contribution in [3.8, 4) is 16.9 Å². The van der Waals surface area contributed by atoms with Crippen LogP contribution in [0.3, 0.4) is 0 Å². The van der Waals surface area contributed by atoms with Gasteiger partial charge in [-0.25, -0.2) is 9.59 Å². The number of aromatic amines is 1. The summed E-state index contributed by atoms with van der Waals surface area (Å²) in [7, 11) is 3.94. The molecule has 3 aromatic rings. The van der Waals surface area contributed by atoms with Crippen molar-refractivity contribution in [2.24, 2.45) is 0 Å². The fraction of sp³-hybridized carbons (Fsp3) is 0.296. The quantitative estimate of drug-likeness (QED) is 0.240. The number of nitrogens with one attached hydrogen (secondary N) is 3. The third kappa shape index (κ3) is 11.5. The van der Waals surface area contributed by atoms with Crippen LogP contribution in [-0.4, -0.2) is 94.7 Å². The Hall–Kier alpha value is -5.13. The lowest BCUT2D eigenvalue weighted by molar-refractivity contribution is -0.193. The lowest BCUT2D eigenvalue weighted by Gasteiger charge is -2.25. The Balaban J connectivity index is 0.000000421. The first-order valence-corrected chi connectivity index (χ1v) is 12.6. The number of carboxylic acid groups (broad SMARTS) is 2. The predicted octanol–water partition coefficient (Wildman–Crippen LogP) is 3.58. The lowest BCUT2D eigenvalue weighted by Crippen LogP contribution is -2.48. The van der Waals surface area contributed by atoms with Crippen molar-refractivity contribution in [3.63, 3.8) is 0 Å². The molecule has 1 atom stereocenters. The van der Waals surface area contributed by atoms with Gasteiger partial charge in [-0.1, -0.05) is 24.3 Å². The maximum absolute atomic E-state index is 13.0. The van der Waals surface area contributed by atoms with Gasteiger partial charge >= 0.3 is 24.3 Å². The van der Waals surface area contributed by atoms with Crippen LogP contribution >= 0.6 is 0 Å². The molecule has 18 heteroatoms. The molecule has 1 aliphatic heterocycles. The second-order valence-corrected chi connectivity index (χ2v) is 9.33. The smallest absolute Gasteiger partial charge is 0.490 e. The summed E-state index contributed by atoms with van der Waals surface area (Å²) in [5.74, 6) is -5.47. The van der Waals surface area contributed by atoms with E-state index in [1.54, 1.807) is 18.5 Å². The van der Waals surface area contributed by atoms with E-state index in [1.807, 2.05) is 55.4 Å². The zero-order valence-corrected chi connectivity index (χ0v) is 23.5. The molecule has 0 fully saturated rings. The summed E-state index contributed by atoms with van der Waals surface area (Å²) in [5.41, 5.74) is 3.88. The molecule has 1 aliphatic rings. The number of nitrogens with zero attached hydrogens (tertiary/aromatic N) is 2. The van der Waals surface area contributed by atoms with E-state index in [0.29, 0.717) is 30.0 Å². The Bertz CT molecular complexity index is 1450. The number of H-pyrrole nitrogens is 1. The number of hydrogen-bond donors (Lipinski definition) is 5. The van der Waals surface area contributed by atoms with Crippen LogP contribution in [0.1, 0.15) is 15.9 Å². The number of carboxylic acids is 2.